The molecule has 0 amide bonds. The van der Waals surface area contributed by atoms with E-state index in [0.717, 1.165) is 59.3 Å². The number of nitrogens with zero attached hydrogens (tertiary/aromatic N) is 4. The summed E-state index contributed by atoms with van der Waals surface area (Å²) in [7, 11) is 2.17. The van der Waals surface area contributed by atoms with Gasteiger partial charge in [-0.3, -0.25) is 10.1 Å². The summed E-state index contributed by atoms with van der Waals surface area (Å²) in [6.45, 7) is 2.13. The lowest BCUT2D eigenvalue weighted by Gasteiger charge is -2.31. The molecule has 0 spiro atoms. The first-order valence-corrected chi connectivity index (χ1v) is 9.92. The smallest absolute Gasteiger partial charge is 0.156 e. The molecule has 1 N–H and O–H groups in total. The molecule has 0 aliphatic carbocycles. The van der Waals surface area contributed by atoms with Gasteiger partial charge < -0.3 is 4.90 Å². The molecule has 5 nitrogen and oxygen atoms in total. The van der Waals surface area contributed by atoms with E-state index in [1.165, 1.54) is 17.7 Å². The molecule has 0 saturated carbocycles. The van der Waals surface area contributed by atoms with Gasteiger partial charge in [-0.1, -0.05) is 0 Å². The molecule has 0 radical (unpaired) electrons. The van der Waals surface area contributed by atoms with Crippen molar-refractivity contribution in [1.82, 2.24) is 25.1 Å². The van der Waals surface area contributed by atoms with Crippen LogP contribution < -0.4 is 0 Å². The van der Waals surface area contributed by atoms with Gasteiger partial charge in [-0.15, -0.1) is 0 Å². The Morgan fingerprint density at radius 1 is 1.00 bits per heavy atom. The van der Waals surface area contributed by atoms with Crippen LogP contribution in [0, 0.1) is 5.82 Å². The molecular formula is C23H22FN5. The largest absolute Gasteiger partial charge is 0.306 e. The fourth-order valence-corrected chi connectivity index (χ4v) is 4.34. The summed E-state index contributed by atoms with van der Waals surface area (Å²) < 4.78 is 13.6. The van der Waals surface area contributed by atoms with Crippen LogP contribution in [0.5, 0.6) is 0 Å². The Morgan fingerprint density at radius 3 is 2.45 bits per heavy atom. The van der Waals surface area contributed by atoms with Crippen LogP contribution in [0.3, 0.4) is 0 Å². The van der Waals surface area contributed by atoms with Crippen LogP contribution in [0.25, 0.3) is 33.4 Å². The average molecular weight is 387 g/mol. The second-order valence-electron chi connectivity index (χ2n) is 7.70. The molecule has 4 aromatic rings. The van der Waals surface area contributed by atoms with E-state index < -0.39 is 0 Å². The molecule has 6 heteroatoms. The molecule has 1 aliphatic heterocycles. The topological polar surface area (TPSA) is 57.7 Å². The van der Waals surface area contributed by atoms with Gasteiger partial charge in [-0.05, 0) is 86.4 Å². The first-order chi connectivity index (χ1) is 14.2. The Hall–Kier alpha value is -3.12. The number of H-pyrrole nitrogens is 1. The molecule has 29 heavy (non-hydrogen) atoms. The summed E-state index contributed by atoms with van der Waals surface area (Å²) in [5.74, 6) is 0.161. The first kappa shape index (κ1) is 17.9. The lowest BCUT2D eigenvalue weighted by Crippen LogP contribution is -2.29. The summed E-state index contributed by atoms with van der Waals surface area (Å²) in [5.41, 5.74) is 5.97. The van der Waals surface area contributed by atoms with Crippen LogP contribution in [-0.2, 0) is 0 Å². The van der Waals surface area contributed by atoms with Crippen molar-refractivity contribution < 1.29 is 4.39 Å². The maximum atomic E-state index is 13.6. The summed E-state index contributed by atoms with van der Waals surface area (Å²) in [6.07, 6.45) is 7.67. The molecule has 1 aliphatic rings. The van der Waals surface area contributed by atoms with E-state index >= 15 is 0 Å². The number of fused-ring (bicyclic) bond motifs is 1. The SMILES string of the molecule is CN1CCC(c2c(-c3ccncc3)c(-c3ccc(F)cc3)nc3[nH]ncc23)CC1. The van der Waals surface area contributed by atoms with Crippen LogP contribution in [0.2, 0.25) is 0 Å². The first-order valence-electron chi connectivity index (χ1n) is 9.92. The maximum Gasteiger partial charge on any atom is 0.156 e. The molecule has 5 rings (SSSR count). The monoisotopic (exact) mass is 387 g/mol. The number of piperidine rings is 1. The zero-order valence-corrected chi connectivity index (χ0v) is 16.3. The second-order valence-corrected chi connectivity index (χ2v) is 7.70. The third-order valence-corrected chi connectivity index (χ3v) is 5.85. The van der Waals surface area contributed by atoms with Crippen LogP contribution in [0.4, 0.5) is 4.39 Å². The maximum absolute atomic E-state index is 13.6. The van der Waals surface area contributed by atoms with Gasteiger partial charge in [0, 0.05) is 28.9 Å². The normalized spacial score (nSPS) is 15.8. The fourth-order valence-electron chi connectivity index (χ4n) is 4.34. The zero-order chi connectivity index (χ0) is 19.8. The molecule has 0 unspecified atom stereocenters. The minimum Gasteiger partial charge on any atom is -0.306 e. The third-order valence-electron chi connectivity index (χ3n) is 5.85. The molecule has 0 atom stereocenters. The lowest BCUT2D eigenvalue weighted by molar-refractivity contribution is 0.256. The van der Waals surface area contributed by atoms with Crippen molar-refractivity contribution in [3.8, 4) is 22.4 Å². The fraction of sp³-hybridized carbons (Fsp3) is 0.261. The predicted octanol–water partition coefficient (Wildman–Crippen LogP) is 4.64. The molecule has 1 aromatic carbocycles. The Labute approximate surface area is 168 Å². The van der Waals surface area contributed by atoms with Gasteiger partial charge in [-0.2, -0.15) is 5.10 Å². The number of pyridine rings is 2. The van der Waals surface area contributed by atoms with Crippen molar-refractivity contribution in [2.75, 3.05) is 20.1 Å². The van der Waals surface area contributed by atoms with E-state index in [2.05, 4.69) is 27.1 Å². The van der Waals surface area contributed by atoms with Crippen LogP contribution in [0.15, 0.2) is 55.0 Å². The van der Waals surface area contributed by atoms with Gasteiger partial charge in [0.05, 0.1) is 11.9 Å². The third kappa shape index (κ3) is 3.29. The van der Waals surface area contributed by atoms with Crippen molar-refractivity contribution in [1.29, 1.82) is 0 Å². The van der Waals surface area contributed by atoms with E-state index in [1.54, 1.807) is 12.1 Å². The number of halogens is 1. The summed E-state index contributed by atoms with van der Waals surface area (Å²) in [5, 5.41) is 8.40. The molecule has 3 aromatic heterocycles. The van der Waals surface area contributed by atoms with Gasteiger partial charge in [0.2, 0.25) is 0 Å². The highest BCUT2D eigenvalue weighted by Crippen LogP contribution is 2.43. The number of hydrogen-bond acceptors (Lipinski definition) is 4. The van der Waals surface area contributed by atoms with Gasteiger partial charge >= 0.3 is 0 Å². The Kier molecular flexibility index (Phi) is 4.56. The Bertz CT molecular complexity index is 1130. The van der Waals surface area contributed by atoms with Gasteiger partial charge in [0.1, 0.15) is 5.82 Å². The highest BCUT2D eigenvalue weighted by atomic mass is 19.1. The van der Waals surface area contributed by atoms with Gasteiger partial charge in [0.25, 0.3) is 0 Å². The number of aromatic nitrogens is 4. The Morgan fingerprint density at radius 2 is 1.72 bits per heavy atom. The summed E-state index contributed by atoms with van der Waals surface area (Å²) >= 11 is 0. The number of aromatic amines is 1. The number of benzene rings is 1. The number of rotatable bonds is 3. The lowest BCUT2D eigenvalue weighted by atomic mass is 9.82. The van der Waals surface area contributed by atoms with E-state index in [0.29, 0.717) is 5.92 Å². The number of nitrogens with one attached hydrogen (secondary N) is 1. The van der Waals surface area contributed by atoms with Crippen molar-refractivity contribution in [3.05, 3.63) is 66.4 Å². The van der Waals surface area contributed by atoms with E-state index in [9.17, 15) is 4.39 Å². The van der Waals surface area contributed by atoms with E-state index in [-0.39, 0.29) is 5.82 Å². The predicted molar refractivity (Wildman–Crippen MR) is 112 cm³/mol. The minimum atomic E-state index is -0.252. The minimum absolute atomic E-state index is 0.252. The highest BCUT2D eigenvalue weighted by Gasteiger charge is 2.27. The van der Waals surface area contributed by atoms with Crippen LogP contribution in [0.1, 0.15) is 24.3 Å². The Balaban J connectivity index is 1.81. The van der Waals surface area contributed by atoms with Crippen molar-refractivity contribution in [3.63, 3.8) is 0 Å². The molecule has 146 valence electrons. The molecular weight excluding hydrogens is 365 g/mol. The second kappa shape index (κ2) is 7.37. The molecule has 1 saturated heterocycles. The zero-order valence-electron chi connectivity index (χ0n) is 16.3. The van der Waals surface area contributed by atoms with Crippen LogP contribution >= 0.6 is 0 Å². The van der Waals surface area contributed by atoms with Crippen molar-refractivity contribution in [2.45, 2.75) is 18.8 Å². The standard InChI is InChI=1S/C23H22FN5/c1-29-12-8-16(9-13-29)20-19-14-26-28-23(19)27-22(17-2-4-18(24)5-3-17)21(20)15-6-10-25-11-7-15/h2-7,10-11,14,16H,8-9,12-13H2,1H3,(H,26,27,28). The summed E-state index contributed by atoms with van der Waals surface area (Å²) in [6, 6.07) is 10.6. The van der Waals surface area contributed by atoms with Gasteiger partial charge in [0.15, 0.2) is 5.65 Å². The highest BCUT2D eigenvalue weighted by molar-refractivity contribution is 5.94. The quantitative estimate of drug-likeness (QED) is 0.557. The molecule has 4 heterocycles. The molecule has 1 fully saturated rings. The van der Waals surface area contributed by atoms with Crippen molar-refractivity contribution in [2.24, 2.45) is 0 Å². The van der Waals surface area contributed by atoms with Crippen LogP contribution in [-0.4, -0.2) is 45.2 Å². The number of hydrogen-bond donors (Lipinski definition) is 1. The van der Waals surface area contributed by atoms with Crippen molar-refractivity contribution >= 4 is 11.0 Å². The molecule has 0 bridgehead atoms. The average Bonchev–Trinajstić information content (AvgIpc) is 3.23. The van der Waals surface area contributed by atoms with E-state index in [4.69, 9.17) is 4.98 Å². The number of likely N-dealkylation sites (tertiary alicyclic amines) is 1. The summed E-state index contributed by atoms with van der Waals surface area (Å²) in [4.78, 5) is 11.5. The van der Waals surface area contributed by atoms with Gasteiger partial charge in [-0.25, -0.2) is 9.37 Å². The van der Waals surface area contributed by atoms with E-state index in [1.807, 2.05) is 30.7 Å².